The van der Waals surface area contributed by atoms with Crippen molar-refractivity contribution in [1.29, 1.82) is 0 Å². The minimum Gasteiger partial charge on any atom is -0.353 e. The average molecular weight is 421 g/mol. The van der Waals surface area contributed by atoms with Crippen LogP contribution < -0.4 is 5.32 Å². The van der Waals surface area contributed by atoms with Crippen molar-refractivity contribution in [2.45, 2.75) is 39.2 Å². The molecule has 1 aromatic carbocycles. The van der Waals surface area contributed by atoms with Crippen LogP contribution >= 0.6 is 11.6 Å². The summed E-state index contributed by atoms with van der Waals surface area (Å²) in [6.45, 7) is 13.1. The van der Waals surface area contributed by atoms with Crippen molar-refractivity contribution in [2.24, 2.45) is 5.92 Å². The van der Waals surface area contributed by atoms with Gasteiger partial charge in [-0.15, -0.1) is 0 Å². The molecule has 2 aliphatic rings. The molecule has 29 heavy (non-hydrogen) atoms. The third kappa shape index (κ3) is 6.95. The van der Waals surface area contributed by atoms with Crippen LogP contribution in [0.15, 0.2) is 24.3 Å². The number of benzene rings is 1. The molecule has 1 amide bonds. The zero-order chi connectivity index (χ0) is 20.6. The summed E-state index contributed by atoms with van der Waals surface area (Å²) < 4.78 is 0. The lowest BCUT2D eigenvalue weighted by atomic mass is 10.1. The van der Waals surface area contributed by atoms with Gasteiger partial charge >= 0.3 is 0 Å². The fourth-order valence-electron chi connectivity index (χ4n) is 4.32. The van der Waals surface area contributed by atoms with Gasteiger partial charge in [0, 0.05) is 37.7 Å². The van der Waals surface area contributed by atoms with E-state index in [-0.39, 0.29) is 11.9 Å². The summed E-state index contributed by atoms with van der Waals surface area (Å²) in [6, 6.07) is 8.19. The lowest BCUT2D eigenvalue weighted by Gasteiger charge is -2.35. The number of hydrogen-bond donors (Lipinski definition) is 1. The highest BCUT2D eigenvalue weighted by Crippen LogP contribution is 2.29. The maximum atomic E-state index is 12.6. The Morgan fingerprint density at radius 3 is 2.34 bits per heavy atom. The van der Waals surface area contributed by atoms with Gasteiger partial charge < -0.3 is 10.2 Å². The van der Waals surface area contributed by atoms with E-state index in [2.05, 4.69) is 39.9 Å². The fourth-order valence-corrected chi connectivity index (χ4v) is 4.58. The fraction of sp³-hybridized carbons (Fsp3) is 0.696. The molecule has 1 aromatic rings. The zero-order valence-electron chi connectivity index (χ0n) is 18.1. The van der Waals surface area contributed by atoms with Crippen molar-refractivity contribution in [3.8, 4) is 0 Å². The number of carbonyl (C=O) groups is 1. The van der Waals surface area contributed by atoms with Crippen LogP contribution in [0.25, 0.3) is 0 Å². The lowest BCUT2D eigenvalue weighted by molar-refractivity contribution is -0.122. The predicted octanol–water partition coefficient (Wildman–Crippen LogP) is 3.26. The first kappa shape index (κ1) is 22.5. The molecule has 2 heterocycles. The van der Waals surface area contributed by atoms with Crippen LogP contribution in [-0.2, 0) is 4.79 Å². The number of rotatable bonds is 9. The highest BCUT2D eigenvalue weighted by atomic mass is 35.5. The van der Waals surface area contributed by atoms with E-state index < -0.39 is 0 Å². The molecule has 162 valence electrons. The minimum atomic E-state index is 0.122. The van der Waals surface area contributed by atoms with Gasteiger partial charge in [-0.1, -0.05) is 43.6 Å². The Labute approximate surface area is 181 Å². The van der Waals surface area contributed by atoms with Gasteiger partial charge in [0.1, 0.15) is 0 Å². The number of nitrogens with one attached hydrogen (secondary N) is 1. The SMILES string of the molecule is CC(C)CCN1CCN(CC(=O)NCC(c2ccccc2Cl)N2CCCC2)CC1. The standard InChI is InChI=1S/C23H37ClN4O/c1-19(2)9-12-26-13-15-27(16-14-26)18-23(29)25-17-22(28-10-5-6-11-28)20-7-3-4-8-21(20)24/h3-4,7-8,19,22H,5-6,9-18H2,1-2H3,(H,25,29). The van der Waals surface area contributed by atoms with Crippen LogP contribution in [0.3, 0.4) is 0 Å². The molecule has 6 heteroatoms. The molecule has 0 aliphatic carbocycles. The first-order chi connectivity index (χ1) is 14.0. The summed E-state index contributed by atoms with van der Waals surface area (Å²) in [6.07, 6.45) is 3.69. The second-order valence-electron chi connectivity index (χ2n) is 8.88. The Morgan fingerprint density at radius 2 is 1.69 bits per heavy atom. The van der Waals surface area contributed by atoms with E-state index >= 15 is 0 Å². The van der Waals surface area contributed by atoms with E-state index in [1.807, 2.05) is 18.2 Å². The van der Waals surface area contributed by atoms with Crippen LogP contribution in [0, 0.1) is 5.92 Å². The van der Waals surface area contributed by atoms with Crippen LogP contribution in [0.4, 0.5) is 0 Å². The molecule has 0 bridgehead atoms. The Bertz CT molecular complexity index is 640. The number of carbonyl (C=O) groups excluding carboxylic acids is 1. The average Bonchev–Trinajstić information content (AvgIpc) is 3.23. The van der Waals surface area contributed by atoms with Crippen molar-refractivity contribution >= 4 is 17.5 Å². The molecule has 0 aromatic heterocycles. The summed E-state index contributed by atoms with van der Waals surface area (Å²) in [7, 11) is 0. The quantitative estimate of drug-likeness (QED) is 0.665. The molecule has 2 aliphatic heterocycles. The summed E-state index contributed by atoms with van der Waals surface area (Å²) in [5, 5.41) is 3.98. The topological polar surface area (TPSA) is 38.8 Å². The van der Waals surface area contributed by atoms with Gasteiger partial charge in [-0.3, -0.25) is 14.6 Å². The molecular weight excluding hydrogens is 384 g/mol. The van der Waals surface area contributed by atoms with E-state index in [4.69, 9.17) is 11.6 Å². The van der Waals surface area contributed by atoms with E-state index in [1.165, 1.54) is 25.8 Å². The molecule has 0 saturated carbocycles. The summed E-state index contributed by atoms with van der Waals surface area (Å²) >= 11 is 6.47. The molecule has 1 N–H and O–H groups in total. The Balaban J connectivity index is 1.46. The molecule has 3 rings (SSSR count). The summed E-state index contributed by atoms with van der Waals surface area (Å²) in [5.41, 5.74) is 1.12. The monoisotopic (exact) mass is 420 g/mol. The predicted molar refractivity (Wildman–Crippen MR) is 120 cm³/mol. The number of halogens is 1. The highest BCUT2D eigenvalue weighted by Gasteiger charge is 2.26. The summed E-state index contributed by atoms with van der Waals surface area (Å²) in [4.78, 5) is 19.9. The van der Waals surface area contributed by atoms with Gasteiger partial charge in [-0.25, -0.2) is 0 Å². The number of amides is 1. The van der Waals surface area contributed by atoms with Gasteiger partial charge in [0.05, 0.1) is 12.6 Å². The second kappa shape index (κ2) is 11.3. The zero-order valence-corrected chi connectivity index (χ0v) is 18.8. The van der Waals surface area contributed by atoms with Gasteiger partial charge in [-0.05, 0) is 56.4 Å². The van der Waals surface area contributed by atoms with Gasteiger partial charge in [-0.2, -0.15) is 0 Å². The Morgan fingerprint density at radius 1 is 1.03 bits per heavy atom. The van der Waals surface area contributed by atoms with E-state index in [9.17, 15) is 4.79 Å². The van der Waals surface area contributed by atoms with Crippen LogP contribution in [0.1, 0.15) is 44.7 Å². The van der Waals surface area contributed by atoms with Crippen molar-refractivity contribution in [3.63, 3.8) is 0 Å². The van der Waals surface area contributed by atoms with E-state index in [0.29, 0.717) is 13.1 Å². The molecule has 0 radical (unpaired) electrons. The summed E-state index contributed by atoms with van der Waals surface area (Å²) in [5.74, 6) is 0.873. The van der Waals surface area contributed by atoms with Crippen molar-refractivity contribution in [1.82, 2.24) is 20.0 Å². The first-order valence-electron chi connectivity index (χ1n) is 11.2. The maximum Gasteiger partial charge on any atom is 0.234 e. The number of nitrogens with zero attached hydrogens (tertiary/aromatic N) is 3. The van der Waals surface area contributed by atoms with Gasteiger partial charge in [0.2, 0.25) is 5.91 Å². The normalized spacial score (nSPS) is 20.3. The minimum absolute atomic E-state index is 0.122. The smallest absolute Gasteiger partial charge is 0.234 e. The Hall–Kier alpha value is -1.14. The van der Waals surface area contributed by atoms with E-state index in [1.54, 1.807) is 0 Å². The molecule has 2 saturated heterocycles. The molecular formula is C23H37ClN4O. The number of piperazine rings is 1. The molecule has 1 atom stereocenters. The first-order valence-corrected chi connectivity index (χ1v) is 11.6. The van der Waals surface area contributed by atoms with E-state index in [0.717, 1.165) is 55.8 Å². The van der Waals surface area contributed by atoms with Crippen molar-refractivity contribution in [3.05, 3.63) is 34.9 Å². The van der Waals surface area contributed by atoms with Crippen LogP contribution in [0.2, 0.25) is 5.02 Å². The lowest BCUT2D eigenvalue weighted by Crippen LogP contribution is -2.50. The van der Waals surface area contributed by atoms with Gasteiger partial charge in [0.15, 0.2) is 0 Å². The maximum absolute atomic E-state index is 12.6. The van der Waals surface area contributed by atoms with Crippen molar-refractivity contribution in [2.75, 3.05) is 58.9 Å². The van der Waals surface area contributed by atoms with Crippen LogP contribution in [0.5, 0.6) is 0 Å². The molecule has 0 spiro atoms. The molecule has 1 unspecified atom stereocenters. The van der Waals surface area contributed by atoms with Crippen LogP contribution in [-0.4, -0.2) is 79.5 Å². The third-order valence-corrected chi connectivity index (χ3v) is 6.54. The second-order valence-corrected chi connectivity index (χ2v) is 9.29. The number of likely N-dealkylation sites (tertiary alicyclic amines) is 1. The largest absolute Gasteiger partial charge is 0.353 e. The van der Waals surface area contributed by atoms with Crippen molar-refractivity contribution < 1.29 is 4.79 Å². The molecule has 5 nitrogen and oxygen atoms in total. The van der Waals surface area contributed by atoms with Gasteiger partial charge in [0.25, 0.3) is 0 Å². The third-order valence-electron chi connectivity index (χ3n) is 6.19. The highest BCUT2D eigenvalue weighted by molar-refractivity contribution is 6.31. The molecule has 2 fully saturated rings. The number of hydrogen-bond acceptors (Lipinski definition) is 4. The Kier molecular flexibility index (Phi) is 8.79.